The van der Waals surface area contributed by atoms with Crippen molar-refractivity contribution < 1.29 is 40.2 Å². The average Bonchev–Trinajstić information content (AvgIpc) is 2.68. The first-order valence-electron chi connectivity index (χ1n) is 8.30. The number of nitrogens with zero attached hydrogens (tertiary/aromatic N) is 4. The number of hydrogen-bond acceptors (Lipinski definition) is 2. The van der Waals surface area contributed by atoms with Crippen LogP contribution in [0.1, 0.15) is 11.1 Å². The van der Waals surface area contributed by atoms with Gasteiger partial charge in [0.25, 0.3) is 5.69 Å². The summed E-state index contributed by atoms with van der Waals surface area (Å²) < 4.78 is 94.0. The highest BCUT2D eigenvalue weighted by Crippen LogP contribution is 2.53. The van der Waals surface area contributed by atoms with Crippen molar-refractivity contribution >= 4 is 24.1 Å². The third kappa shape index (κ3) is 3.25. The van der Waals surface area contributed by atoms with Gasteiger partial charge in [-0.1, -0.05) is 15.8 Å². The number of amides is 2. The fourth-order valence-corrected chi connectivity index (χ4v) is 3.08. The largest absolute Gasteiger partial charge is 0.435 e. The van der Waals surface area contributed by atoms with Crippen LogP contribution in [0.2, 0.25) is 0 Å². The Morgan fingerprint density at radius 3 is 2.23 bits per heavy atom. The molecule has 3 rings (SSSR count). The van der Waals surface area contributed by atoms with Gasteiger partial charge in [-0.2, -0.15) is 26.3 Å². The summed E-state index contributed by atoms with van der Waals surface area (Å²) in [4.78, 5) is 17.5. The molecule has 0 fully saturated rings. The summed E-state index contributed by atoms with van der Waals surface area (Å²) in [5.41, 5.74) is -6.92. The van der Waals surface area contributed by atoms with Crippen LogP contribution in [0.4, 0.5) is 46.9 Å². The lowest BCUT2D eigenvalue weighted by Gasteiger charge is -2.34. The number of pyridine rings is 1. The second kappa shape index (κ2) is 6.96. The van der Waals surface area contributed by atoms with Crippen LogP contribution in [-0.2, 0) is 12.2 Å². The lowest BCUT2D eigenvalue weighted by molar-refractivity contribution is -0.596. The molecule has 1 aromatic heterocycles. The van der Waals surface area contributed by atoms with Crippen molar-refractivity contribution in [2.75, 3.05) is 11.9 Å². The molecule has 0 saturated carbocycles. The number of aromatic nitrogens is 1. The van der Waals surface area contributed by atoms with Crippen molar-refractivity contribution in [1.29, 1.82) is 0 Å². The molecule has 0 spiro atoms. The summed E-state index contributed by atoms with van der Waals surface area (Å²) >= 11 is 0. The minimum absolute atomic E-state index is 0.0475. The molecule has 1 aromatic carbocycles. The summed E-state index contributed by atoms with van der Waals surface area (Å²) in [6.45, 7) is 3.24. The quantitative estimate of drug-likeness (QED) is 0.398. The van der Waals surface area contributed by atoms with Gasteiger partial charge in [0.1, 0.15) is 12.7 Å². The number of urea groups is 1. The number of fused-ring (bicyclic) bond motifs is 1. The molecule has 0 saturated heterocycles. The van der Waals surface area contributed by atoms with Gasteiger partial charge in [-0.05, 0) is 18.2 Å². The third-order valence-corrected chi connectivity index (χ3v) is 4.68. The number of alkyl halides is 7. The van der Waals surface area contributed by atoms with Crippen molar-refractivity contribution in [2.45, 2.75) is 24.6 Å². The molecule has 1 aliphatic heterocycles. The molecule has 5 nitrogen and oxygen atoms in total. The first-order valence-corrected chi connectivity index (χ1v) is 8.30. The van der Waals surface area contributed by atoms with E-state index in [0.717, 1.165) is 20.7 Å². The first-order chi connectivity index (χ1) is 13.8. The number of rotatable bonds is 3. The molecular weight excluding hydrogens is 421 g/mol. The SMILES string of the molecule is C=[N+](c1cccnc1)N1Cc2cc(C(F)(C(F)(F)F)C(F)(F)F)ccc2N(C)C1=O. The van der Waals surface area contributed by atoms with Gasteiger partial charge >= 0.3 is 24.1 Å². The van der Waals surface area contributed by atoms with Crippen molar-refractivity contribution in [3.8, 4) is 0 Å². The molecule has 0 unspecified atom stereocenters. The Hall–Kier alpha value is -3.18. The molecule has 1 aliphatic rings. The molecule has 0 N–H and O–H groups in total. The Bertz CT molecular complexity index is 974. The Labute approximate surface area is 165 Å². The van der Waals surface area contributed by atoms with Gasteiger partial charge in [0, 0.05) is 30.4 Å². The van der Waals surface area contributed by atoms with Crippen LogP contribution in [-0.4, -0.2) is 46.8 Å². The number of anilines is 1. The van der Waals surface area contributed by atoms with E-state index in [2.05, 4.69) is 11.7 Å². The number of hydrogen-bond donors (Lipinski definition) is 0. The fraction of sp³-hybridized carbons (Fsp3) is 0.278. The minimum atomic E-state index is -6.23. The summed E-state index contributed by atoms with van der Waals surface area (Å²) in [5, 5.41) is 0.976. The smallest absolute Gasteiger partial charge is 0.293 e. The fourth-order valence-electron chi connectivity index (χ4n) is 3.08. The summed E-state index contributed by atoms with van der Waals surface area (Å²) in [6.07, 6.45) is -9.66. The summed E-state index contributed by atoms with van der Waals surface area (Å²) in [7, 11) is 1.28. The van der Waals surface area contributed by atoms with Crippen LogP contribution in [0.5, 0.6) is 0 Å². The first kappa shape index (κ1) is 21.5. The molecule has 2 amide bonds. The van der Waals surface area contributed by atoms with E-state index in [1.54, 1.807) is 12.1 Å². The van der Waals surface area contributed by atoms with Gasteiger partial charge in [-0.25, -0.2) is 9.18 Å². The van der Waals surface area contributed by atoms with Crippen LogP contribution in [0.15, 0.2) is 42.7 Å². The van der Waals surface area contributed by atoms with Crippen molar-refractivity contribution in [2.24, 2.45) is 0 Å². The Kier molecular flexibility index (Phi) is 4.99. The molecule has 160 valence electrons. The Morgan fingerprint density at radius 2 is 1.70 bits per heavy atom. The van der Waals surface area contributed by atoms with Crippen LogP contribution < -0.4 is 4.90 Å². The van der Waals surface area contributed by atoms with Crippen molar-refractivity contribution in [3.05, 3.63) is 53.9 Å². The third-order valence-electron chi connectivity index (χ3n) is 4.68. The highest BCUT2D eigenvalue weighted by Gasteiger charge is 2.73. The number of hydrazone groups is 1. The average molecular weight is 435 g/mol. The van der Waals surface area contributed by atoms with Crippen molar-refractivity contribution in [1.82, 2.24) is 9.99 Å². The van der Waals surface area contributed by atoms with E-state index in [9.17, 15) is 35.5 Å². The van der Waals surface area contributed by atoms with Gasteiger partial charge in [0.2, 0.25) is 0 Å². The molecule has 0 atom stereocenters. The van der Waals surface area contributed by atoms with Gasteiger partial charge in [-0.15, -0.1) is 0 Å². The molecule has 12 heteroatoms. The highest BCUT2D eigenvalue weighted by atomic mass is 19.4. The number of benzene rings is 1. The monoisotopic (exact) mass is 435 g/mol. The molecule has 30 heavy (non-hydrogen) atoms. The van der Waals surface area contributed by atoms with Gasteiger partial charge < -0.3 is 0 Å². The number of carbonyl (C=O) groups excluding carboxylic acids is 1. The summed E-state index contributed by atoms with van der Waals surface area (Å²) in [5.74, 6) is 0. The molecule has 2 heterocycles. The minimum Gasteiger partial charge on any atom is -0.293 e. The molecule has 0 aliphatic carbocycles. The van der Waals surface area contributed by atoms with E-state index in [1.807, 2.05) is 0 Å². The van der Waals surface area contributed by atoms with Crippen LogP contribution in [0, 0.1) is 0 Å². The van der Waals surface area contributed by atoms with E-state index in [0.29, 0.717) is 17.8 Å². The van der Waals surface area contributed by atoms with E-state index >= 15 is 0 Å². The number of carbonyl (C=O) groups is 1. The van der Waals surface area contributed by atoms with E-state index in [1.165, 1.54) is 19.4 Å². The van der Waals surface area contributed by atoms with Crippen molar-refractivity contribution in [3.63, 3.8) is 0 Å². The molecule has 0 bridgehead atoms. The zero-order valence-electron chi connectivity index (χ0n) is 15.3. The predicted molar refractivity (Wildman–Crippen MR) is 92.0 cm³/mol. The van der Waals surface area contributed by atoms with E-state index in [4.69, 9.17) is 0 Å². The topological polar surface area (TPSA) is 39.5 Å². The van der Waals surface area contributed by atoms with Gasteiger partial charge in [0.05, 0.1) is 5.69 Å². The van der Waals surface area contributed by atoms with Crippen LogP contribution in [0.25, 0.3) is 0 Å². The molecular formula is C18H14F7N4O+. The predicted octanol–water partition coefficient (Wildman–Crippen LogP) is 4.70. The Balaban J connectivity index is 2.08. The van der Waals surface area contributed by atoms with Crippen LogP contribution in [0.3, 0.4) is 0 Å². The Morgan fingerprint density at radius 1 is 1.07 bits per heavy atom. The number of hydrazine groups is 1. The molecule has 0 radical (unpaired) electrons. The lowest BCUT2D eigenvalue weighted by Crippen LogP contribution is -2.51. The normalized spacial score (nSPS) is 15.3. The zero-order chi connectivity index (χ0) is 22.5. The zero-order valence-corrected chi connectivity index (χ0v) is 15.3. The standard InChI is InChI=1S/C18H14F7N4O/c1-27-14-6-5-12(16(19,17(20,21)22)18(23,24)25)8-11(14)10-29(15(27)30)28(2)13-4-3-7-26-9-13/h3-9H,2,10H2,1H3/q+1. The van der Waals surface area contributed by atoms with E-state index < -0.39 is 36.2 Å². The highest BCUT2D eigenvalue weighted by molar-refractivity contribution is 5.93. The lowest BCUT2D eigenvalue weighted by atomic mass is 9.91. The van der Waals surface area contributed by atoms with Crippen LogP contribution >= 0.6 is 0 Å². The van der Waals surface area contributed by atoms with Gasteiger partial charge in [0.15, 0.2) is 6.72 Å². The second-order valence-electron chi connectivity index (χ2n) is 6.51. The maximum atomic E-state index is 14.4. The maximum Gasteiger partial charge on any atom is 0.435 e. The maximum absolute atomic E-state index is 14.4. The van der Waals surface area contributed by atoms with E-state index in [-0.39, 0.29) is 11.3 Å². The molecule has 2 aromatic rings. The second-order valence-corrected chi connectivity index (χ2v) is 6.51. The van der Waals surface area contributed by atoms with Gasteiger partial charge in [-0.3, -0.25) is 9.88 Å². The summed E-state index contributed by atoms with van der Waals surface area (Å²) in [6, 6.07) is 4.13. The number of halogens is 7.